The summed E-state index contributed by atoms with van der Waals surface area (Å²) in [5, 5.41) is 2.26. The van der Waals surface area contributed by atoms with Crippen LogP contribution >= 0.6 is 0 Å². The molecule has 1 aliphatic heterocycles. The zero-order chi connectivity index (χ0) is 24.8. The Morgan fingerprint density at radius 2 is 1.41 bits per heavy atom. The molecule has 34 heavy (non-hydrogen) atoms. The highest BCUT2D eigenvalue weighted by Gasteiger charge is 2.57. The van der Waals surface area contributed by atoms with Crippen LogP contribution < -0.4 is 10.4 Å². The fourth-order valence-electron chi connectivity index (χ4n) is 5.30. The van der Waals surface area contributed by atoms with Crippen molar-refractivity contribution in [3.63, 3.8) is 0 Å². The van der Waals surface area contributed by atoms with Crippen LogP contribution in [0.2, 0.25) is 5.04 Å². The molecular formula is C26H36O6SSi. The average Bonchev–Trinajstić information content (AvgIpc) is 3.20. The lowest BCUT2D eigenvalue weighted by atomic mass is 10.1. The van der Waals surface area contributed by atoms with Gasteiger partial charge in [-0.1, -0.05) is 81.4 Å². The molecule has 0 amide bonds. The van der Waals surface area contributed by atoms with E-state index in [0.717, 1.165) is 0 Å². The Labute approximate surface area is 205 Å². The van der Waals surface area contributed by atoms with Gasteiger partial charge in [0.2, 0.25) is 0 Å². The number of benzene rings is 2. The second-order valence-corrected chi connectivity index (χ2v) is 16.8. The molecular weight excluding hydrogens is 468 g/mol. The molecule has 2 aromatic rings. The van der Waals surface area contributed by atoms with Crippen LogP contribution in [-0.2, 0) is 27.9 Å². The molecule has 2 fully saturated rings. The summed E-state index contributed by atoms with van der Waals surface area (Å²) in [5.41, 5.74) is -0.467. The molecule has 1 saturated carbocycles. The van der Waals surface area contributed by atoms with Gasteiger partial charge < -0.3 is 9.16 Å². The standard InChI is InChI=1S/C26H36O6SSi/c1-25(2,3)30-23-19(17-22-24(23)32-33(27,28)31-22)18-29-34(26(4,5)6,20-13-9-7-10-14-20)21-15-11-8-12-16-21/h7-16,19,22-24H,17-18H2,1-6H3/t19-,22-,23+,24-/m0/s1. The molecule has 6 nitrogen and oxygen atoms in total. The molecule has 2 aliphatic rings. The second kappa shape index (κ2) is 9.15. The minimum atomic E-state index is -3.98. The molecule has 1 heterocycles. The Kier molecular flexibility index (Phi) is 6.87. The molecule has 0 unspecified atom stereocenters. The van der Waals surface area contributed by atoms with Crippen LogP contribution in [0.5, 0.6) is 0 Å². The maximum absolute atomic E-state index is 12.0. The van der Waals surface area contributed by atoms with Gasteiger partial charge in [0.1, 0.15) is 12.2 Å². The normalized spacial score (nSPS) is 27.0. The first-order chi connectivity index (χ1) is 15.8. The number of ether oxygens (including phenoxy) is 1. The van der Waals surface area contributed by atoms with Crippen molar-refractivity contribution in [2.75, 3.05) is 6.61 Å². The monoisotopic (exact) mass is 504 g/mol. The van der Waals surface area contributed by atoms with Crippen molar-refractivity contribution in [1.82, 2.24) is 0 Å². The summed E-state index contributed by atoms with van der Waals surface area (Å²) in [6, 6.07) is 20.9. The molecule has 8 heteroatoms. The molecule has 1 aliphatic carbocycles. The molecule has 0 bridgehead atoms. The van der Waals surface area contributed by atoms with Crippen LogP contribution in [0.25, 0.3) is 0 Å². The van der Waals surface area contributed by atoms with E-state index in [-0.39, 0.29) is 11.0 Å². The van der Waals surface area contributed by atoms with Crippen molar-refractivity contribution in [2.45, 2.75) is 76.9 Å². The first-order valence-electron chi connectivity index (χ1n) is 11.9. The number of rotatable bonds is 6. The Morgan fingerprint density at radius 3 is 1.88 bits per heavy atom. The molecule has 4 atom stereocenters. The maximum atomic E-state index is 12.0. The van der Waals surface area contributed by atoms with Gasteiger partial charge in [0.25, 0.3) is 8.32 Å². The zero-order valence-electron chi connectivity index (χ0n) is 20.9. The summed E-state index contributed by atoms with van der Waals surface area (Å²) in [5.74, 6) is -0.0635. The van der Waals surface area contributed by atoms with Gasteiger partial charge in [0.05, 0.1) is 11.7 Å². The van der Waals surface area contributed by atoms with Crippen LogP contribution in [0.15, 0.2) is 60.7 Å². The van der Waals surface area contributed by atoms with Gasteiger partial charge in [-0.25, -0.2) is 8.37 Å². The van der Waals surface area contributed by atoms with E-state index in [1.807, 2.05) is 32.9 Å². The predicted octanol–water partition coefficient (Wildman–Crippen LogP) is 3.80. The Morgan fingerprint density at radius 1 is 0.882 bits per heavy atom. The van der Waals surface area contributed by atoms with E-state index in [1.54, 1.807) is 0 Å². The summed E-state index contributed by atoms with van der Waals surface area (Å²) in [4.78, 5) is 0. The summed E-state index contributed by atoms with van der Waals surface area (Å²) >= 11 is 0. The highest BCUT2D eigenvalue weighted by atomic mass is 32.3. The summed E-state index contributed by atoms with van der Waals surface area (Å²) in [6.45, 7) is 13.0. The van der Waals surface area contributed by atoms with Crippen LogP contribution in [0.3, 0.4) is 0 Å². The molecule has 4 rings (SSSR count). The van der Waals surface area contributed by atoms with Crippen molar-refractivity contribution < 1.29 is 25.9 Å². The predicted molar refractivity (Wildman–Crippen MR) is 135 cm³/mol. The summed E-state index contributed by atoms with van der Waals surface area (Å²) < 4.78 is 47.9. The summed E-state index contributed by atoms with van der Waals surface area (Å²) in [6.07, 6.45) is -1.15. The van der Waals surface area contributed by atoms with E-state index in [4.69, 9.17) is 17.5 Å². The fourth-order valence-corrected chi connectivity index (χ4v) is 11.0. The van der Waals surface area contributed by atoms with Crippen molar-refractivity contribution >= 4 is 29.1 Å². The SMILES string of the molecule is CC(C)(C)O[C@@H]1[C@H](CO[Si](c2ccccc2)(c2ccccc2)C(C)(C)C)C[C@@H]2OS(=O)(=O)O[C@H]12. The number of hydrogen-bond donors (Lipinski definition) is 0. The van der Waals surface area contributed by atoms with Crippen molar-refractivity contribution in [3.8, 4) is 0 Å². The third kappa shape index (κ3) is 5.03. The minimum Gasteiger partial charge on any atom is -0.407 e. The number of hydrogen-bond acceptors (Lipinski definition) is 6. The third-order valence-corrected chi connectivity index (χ3v) is 12.5. The van der Waals surface area contributed by atoms with E-state index < -0.39 is 42.6 Å². The highest BCUT2D eigenvalue weighted by Crippen LogP contribution is 2.43. The lowest BCUT2D eigenvalue weighted by Crippen LogP contribution is -2.67. The average molecular weight is 505 g/mol. The van der Waals surface area contributed by atoms with Gasteiger partial charge in [-0.05, 0) is 42.6 Å². The van der Waals surface area contributed by atoms with Crippen LogP contribution in [0.1, 0.15) is 48.0 Å². The van der Waals surface area contributed by atoms with Crippen molar-refractivity contribution in [1.29, 1.82) is 0 Å². The first kappa shape index (κ1) is 25.5. The lowest BCUT2D eigenvalue weighted by Gasteiger charge is -2.44. The maximum Gasteiger partial charge on any atom is 0.400 e. The third-order valence-electron chi connectivity index (χ3n) is 6.58. The topological polar surface area (TPSA) is 71.1 Å². The zero-order valence-corrected chi connectivity index (χ0v) is 22.7. The van der Waals surface area contributed by atoms with Crippen molar-refractivity contribution in [3.05, 3.63) is 60.7 Å². The van der Waals surface area contributed by atoms with E-state index in [1.165, 1.54) is 10.4 Å². The molecule has 1 saturated heterocycles. The lowest BCUT2D eigenvalue weighted by molar-refractivity contribution is -0.112. The van der Waals surface area contributed by atoms with E-state index in [2.05, 4.69) is 69.3 Å². The summed E-state index contributed by atoms with van der Waals surface area (Å²) in [7, 11) is -6.71. The van der Waals surface area contributed by atoms with E-state index in [9.17, 15) is 8.42 Å². The van der Waals surface area contributed by atoms with Gasteiger partial charge in [-0.3, -0.25) is 0 Å². The molecule has 0 N–H and O–H groups in total. The van der Waals surface area contributed by atoms with E-state index in [0.29, 0.717) is 13.0 Å². The van der Waals surface area contributed by atoms with Crippen LogP contribution in [0, 0.1) is 5.92 Å². The quantitative estimate of drug-likeness (QED) is 0.558. The largest absolute Gasteiger partial charge is 0.407 e. The molecule has 2 aromatic carbocycles. The molecule has 0 radical (unpaired) electrons. The molecule has 0 spiro atoms. The fraction of sp³-hybridized carbons (Fsp3) is 0.538. The Hall–Kier alpha value is -1.55. The number of fused-ring (bicyclic) bond motifs is 1. The van der Waals surface area contributed by atoms with Gasteiger partial charge in [-0.2, -0.15) is 8.42 Å². The second-order valence-electron chi connectivity index (χ2n) is 11.3. The van der Waals surface area contributed by atoms with Crippen molar-refractivity contribution in [2.24, 2.45) is 5.92 Å². The smallest absolute Gasteiger partial charge is 0.400 e. The van der Waals surface area contributed by atoms with E-state index >= 15 is 0 Å². The first-order valence-corrected chi connectivity index (χ1v) is 15.1. The molecule has 0 aromatic heterocycles. The van der Waals surface area contributed by atoms with Gasteiger partial charge in [0.15, 0.2) is 0 Å². The molecule has 186 valence electrons. The Balaban J connectivity index is 1.70. The van der Waals surface area contributed by atoms with Crippen LogP contribution in [0.4, 0.5) is 0 Å². The minimum absolute atomic E-state index is 0.0635. The Bertz CT molecular complexity index is 1040. The highest BCUT2D eigenvalue weighted by molar-refractivity contribution is 7.82. The van der Waals surface area contributed by atoms with Gasteiger partial charge >= 0.3 is 10.4 Å². The van der Waals surface area contributed by atoms with Gasteiger partial charge in [-0.15, -0.1) is 0 Å². The van der Waals surface area contributed by atoms with Gasteiger partial charge in [0, 0.05) is 12.5 Å². The van der Waals surface area contributed by atoms with Crippen LogP contribution in [-0.4, -0.2) is 47.3 Å².